The van der Waals surface area contributed by atoms with Crippen molar-refractivity contribution in [2.45, 2.75) is 25.4 Å². The highest BCUT2D eigenvalue weighted by atomic mass is 35.5. The van der Waals surface area contributed by atoms with Gasteiger partial charge in [-0.25, -0.2) is 0 Å². The molecule has 110 valence electrons. The number of nitrogens with one attached hydrogen (secondary N) is 1. The molecule has 0 aromatic heterocycles. The molecule has 0 bridgehead atoms. The lowest BCUT2D eigenvalue weighted by atomic mass is 10.2. The maximum absolute atomic E-state index is 12.0. The highest BCUT2D eigenvalue weighted by Crippen LogP contribution is 2.28. The number of rotatable bonds is 3. The van der Waals surface area contributed by atoms with Crippen LogP contribution in [0.5, 0.6) is 0 Å². The summed E-state index contributed by atoms with van der Waals surface area (Å²) < 4.78 is 0. The van der Waals surface area contributed by atoms with E-state index in [4.69, 9.17) is 17.3 Å². The number of nitrogens with two attached hydrogens (primary N) is 1. The molecule has 1 heterocycles. The summed E-state index contributed by atoms with van der Waals surface area (Å²) in [5, 5.41) is 3.28. The number of para-hydroxylation sites is 1. The number of carbonyl (C=O) groups is 2. The molecule has 1 aromatic rings. The van der Waals surface area contributed by atoms with Crippen LogP contribution in [0.1, 0.15) is 13.3 Å². The van der Waals surface area contributed by atoms with Gasteiger partial charge < -0.3 is 16.0 Å². The van der Waals surface area contributed by atoms with Gasteiger partial charge >= 0.3 is 0 Å². The van der Waals surface area contributed by atoms with Crippen LogP contribution >= 0.6 is 24.0 Å². The predicted molar refractivity (Wildman–Crippen MR) is 81.3 cm³/mol. The Morgan fingerprint density at radius 2 is 2.15 bits per heavy atom. The minimum absolute atomic E-state index is 0. The molecule has 5 nitrogen and oxygen atoms in total. The summed E-state index contributed by atoms with van der Waals surface area (Å²) >= 11 is 6.07. The van der Waals surface area contributed by atoms with Crippen LogP contribution in [0.2, 0.25) is 5.02 Å². The second-order valence-electron chi connectivity index (χ2n) is 4.65. The largest absolute Gasteiger partial charge is 0.350 e. The van der Waals surface area contributed by atoms with Gasteiger partial charge in [-0.1, -0.05) is 23.7 Å². The van der Waals surface area contributed by atoms with Gasteiger partial charge in [-0.05, 0) is 19.1 Å². The lowest BCUT2D eigenvalue weighted by molar-refractivity contribution is -0.122. The van der Waals surface area contributed by atoms with E-state index >= 15 is 0 Å². The van der Waals surface area contributed by atoms with Gasteiger partial charge in [-0.2, -0.15) is 0 Å². The molecule has 1 unspecified atom stereocenters. The molecule has 7 heteroatoms. The van der Waals surface area contributed by atoms with E-state index in [0.29, 0.717) is 17.3 Å². The number of hydrogen-bond acceptors (Lipinski definition) is 3. The van der Waals surface area contributed by atoms with Crippen molar-refractivity contribution in [1.82, 2.24) is 5.32 Å². The van der Waals surface area contributed by atoms with E-state index in [9.17, 15) is 9.59 Å². The maximum Gasteiger partial charge on any atom is 0.236 e. The van der Waals surface area contributed by atoms with Crippen LogP contribution in [0.15, 0.2) is 24.3 Å². The van der Waals surface area contributed by atoms with Crippen molar-refractivity contribution in [3.8, 4) is 0 Å². The third-order valence-corrected chi connectivity index (χ3v) is 3.35. The van der Waals surface area contributed by atoms with Crippen LogP contribution in [-0.2, 0) is 9.59 Å². The van der Waals surface area contributed by atoms with Crippen molar-refractivity contribution < 1.29 is 9.59 Å². The van der Waals surface area contributed by atoms with Gasteiger partial charge in [-0.3, -0.25) is 9.59 Å². The minimum atomic E-state index is -0.579. The van der Waals surface area contributed by atoms with Crippen molar-refractivity contribution in [2.75, 3.05) is 11.4 Å². The number of anilines is 1. The van der Waals surface area contributed by atoms with E-state index in [-0.39, 0.29) is 36.7 Å². The molecule has 0 aliphatic carbocycles. The summed E-state index contributed by atoms with van der Waals surface area (Å²) in [7, 11) is 0. The Kier molecular flexibility index (Phi) is 5.80. The average Bonchev–Trinajstić information content (AvgIpc) is 2.70. The molecule has 2 amide bonds. The number of halogens is 2. The molecule has 1 saturated heterocycles. The first kappa shape index (κ1) is 16.8. The Hall–Kier alpha value is -1.30. The maximum atomic E-state index is 12.0. The first-order chi connectivity index (χ1) is 8.99. The molecule has 1 aliphatic heterocycles. The fourth-order valence-corrected chi connectivity index (χ4v) is 2.28. The molecule has 2 rings (SSSR count). The zero-order valence-corrected chi connectivity index (χ0v) is 12.6. The third-order valence-electron chi connectivity index (χ3n) is 3.03. The summed E-state index contributed by atoms with van der Waals surface area (Å²) in [5.41, 5.74) is 6.16. The Morgan fingerprint density at radius 3 is 2.75 bits per heavy atom. The highest BCUT2D eigenvalue weighted by molar-refractivity contribution is 6.33. The van der Waals surface area contributed by atoms with Crippen molar-refractivity contribution in [1.29, 1.82) is 0 Å². The number of benzene rings is 1. The number of amides is 2. The normalized spacial score (nSPS) is 19.4. The summed E-state index contributed by atoms with van der Waals surface area (Å²) in [6, 6.07) is 6.35. The monoisotopic (exact) mass is 317 g/mol. The van der Waals surface area contributed by atoms with Crippen molar-refractivity contribution >= 4 is 41.5 Å². The van der Waals surface area contributed by atoms with Gasteiger partial charge in [0.1, 0.15) is 0 Å². The fourth-order valence-electron chi connectivity index (χ4n) is 2.04. The van der Waals surface area contributed by atoms with E-state index in [2.05, 4.69) is 5.32 Å². The molecule has 2 atom stereocenters. The number of hydrogen-bond donors (Lipinski definition) is 2. The van der Waals surface area contributed by atoms with Crippen LogP contribution in [0.3, 0.4) is 0 Å². The van der Waals surface area contributed by atoms with Crippen molar-refractivity contribution in [3.63, 3.8) is 0 Å². The van der Waals surface area contributed by atoms with Gasteiger partial charge in [0.2, 0.25) is 11.8 Å². The highest BCUT2D eigenvalue weighted by Gasteiger charge is 2.32. The number of carbonyl (C=O) groups excluding carboxylic acids is 2. The van der Waals surface area contributed by atoms with E-state index in [0.717, 1.165) is 0 Å². The van der Waals surface area contributed by atoms with Crippen molar-refractivity contribution in [3.05, 3.63) is 29.3 Å². The summed E-state index contributed by atoms with van der Waals surface area (Å²) in [6.45, 7) is 2.03. The Labute approximate surface area is 128 Å². The quantitative estimate of drug-likeness (QED) is 0.883. The molecular formula is C13H17Cl2N3O2. The van der Waals surface area contributed by atoms with Crippen LogP contribution in [0.4, 0.5) is 5.69 Å². The molecule has 3 N–H and O–H groups in total. The average molecular weight is 318 g/mol. The molecule has 1 aromatic carbocycles. The summed E-state index contributed by atoms with van der Waals surface area (Å²) in [6.07, 6.45) is 0.268. The van der Waals surface area contributed by atoms with E-state index in [1.807, 2.05) is 12.1 Å². The molecule has 20 heavy (non-hydrogen) atoms. The van der Waals surface area contributed by atoms with E-state index in [1.54, 1.807) is 24.0 Å². The van der Waals surface area contributed by atoms with Crippen LogP contribution < -0.4 is 16.0 Å². The van der Waals surface area contributed by atoms with Gasteiger partial charge in [-0.15, -0.1) is 12.4 Å². The van der Waals surface area contributed by atoms with Crippen LogP contribution in [-0.4, -0.2) is 30.4 Å². The molecule has 0 spiro atoms. The van der Waals surface area contributed by atoms with E-state index < -0.39 is 6.04 Å². The van der Waals surface area contributed by atoms with Gasteiger partial charge in [0, 0.05) is 13.0 Å². The van der Waals surface area contributed by atoms with Crippen LogP contribution in [0.25, 0.3) is 0 Å². The summed E-state index contributed by atoms with van der Waals surface area (Å²) in [4.78, 5) is 25.1. The SMILES string of the molecule is C[C@@H](N)C(=O)NC1CC(=O)N(c2ccccc2Cl)C1.Cl. The fraction of sp³-hybridized carbons (Fsp3) is 0.385. The smallest absolute Gasteiger partial charge is 0.236 e. The van der Waals surface area contributed by atoms with Gasteiger partial charge in [0.15, 0.2) is 0 Å². The number of nitrogens with zero attached hydrogens (tertiary/aromatic N) is 1. The third kappa shape index (κ3) is 3.62. The first-order valence-corrected chi connectivity index (χ1v) is 6.47. The Balaban J connectivity index is 0.00000200. The lowest BCUT2D eigenvalue weighted by Gasteiger charge is -2.18. The molecule has 1 fully saturated rings. The van der Waals surface area contributed by atoms with E-state index in [1.165, 1.54) is 0 Å². The zero-order chi connectivity index (χ0) is 14.0. The Morgan fingerprint density at radius 1 is 1.50 bits per heavy atom. The van der Waals surface area contributed by atoms with Gasteiger partial charge in [0.05, 0.1) is 22.8 Å². The molecule has 0 radical (unpaired) electrons. The standard InChI is InChI=1S/C13H16ClN3O2.ClH/c1-8(15)13(19)16-9-6-12(18)17(7-9)11-5-3-2-4-10(11)14;/h2-5,8-9H,6-7,15H2,1H3,(H,16,19);1H/t8-,9?;/m1./s1. The second kappa shape index (κ2) is 6.92. The molecular weight excluding hydrogens is 301 g/mol. The van der Waals surface area contributed by atoms with Gasteiger partial charge in [0.25, 0.3) is 0 Å². The molecule has 1 aliphatic rings. The van der Waals surface area contributed by atoms with Crippen LogP contribution in [0, 0.1) is 0 Å². The predicted octanol–water partition coefficient (Wildman–Crippen LogP) is 1.33. The summed E-state index contributed by atoms with van der Waals surface area (Å²) in [5.74, 6) is -0.304. The minimum Gasteiger partial charge on any atom is -0.350 e. The first-order valence-electron chi connectivity index (χ1n) is 6.10. The molecule has 0 saturated carbocycles. The zero-order valence-electron chi connectivity index (χ0n) is 11.0. The Bertz CT molecular complexity index is 508. The topological polar surface area (TPSA) is 75.4 Å². The van der Waals surface area contributed by atoms with Crippen molar-refractivity contribution in [2.24, 2.45) is 5.73 Å². The second-order valence-corrected chi connectivity index (χ2v) is 5.06. The lowest BCUT2D eigenvalue weighted by Crippen LogP contribution is -2.44.